The predicted octanol–water partition coefficient (Wildman–Crippen LogP) is 2.40. The molecule has 1 atom stereocenters. The van der Waals surface area contributed by atoms with Gasteiger partial charge in [0.05, 0.1) is 6.04 Å². The van der Waals surface area contributed by atoms with Gasteiger partial charge in [-0.1, -0.05) is 6.92 Å². The van der Waals surface area contributed by atoms with Crippen LogP contribution in [0.2, 0.25) is 0 Å². The molecule has 4 heteroatoms. The van der Waals surface area contributed by atoms with Crippen LogP contribution in [0.25, 0.3) is 0 Å². The van der Waals surface area contributed by atoms with Gasteiger partial charge in [-0.15, -0.1) is 0 Å². The Balaban J connectivity index is 2.25. The zero-order valence-electron chi connectivity index (χ0n) is 8.76. The lowest BCUT2D eigenvalue weighted by atomic mass is 10.1. The zero-order chi connectivity index (χ0) is 10.7. The smallest absolute Gasteiger partial charge is 0.130 e. The maximum absolute atomic E-state index is 6.16. The molecule has 0 radical (unpaired) electrons. The fraction of sp³-hybridized carbons (Fsp3) is 0.364. The molecule has 0 aliphatic rings. The van der Waals surface area contributed by atoms with Crippen molar-refractivity contribution in [3.8, 4) is 0 Å². The van der Waals surface area contributed by atoms with Crippen LogP contribution in [0, 0.1) is 0 Å². The Kier molecular flexibility index (Phi) is 3.18. The number of imidazole rings is 1. The van der Waals surface area contributed by atoms with E-state index < -0.39 is 0 Å². The molecular weight excluding hydrogens is 206 g/mol. The molecule has 2 aromatic rings. The predicted molar refractivity (Wildman–Crippen MR) is 62.9 cm³/mol. The minimum atomic E-state index is -0.0993. The second-order valence-corrected chi connectivity index (χ2v) is 4.29. The Bertz CT molecular complexity index is 405. The first kappa shape index (κ1) is 10.4. The third kappa shape index (κ3) is 2.11. The number of thiophene rings is 1. The molecular formula is C11H15N3S. The average molecular weight is 221 g/mol. The summed E-state index contributed by atoms with van der Waals surface area (Å²) in [5, 5.41) is 4.12. The molecule has 2 aromatic heterocycles. The van der Waals surface area contributed by atoms with Gasteiger partial charge >= 0.3 is 0 Å². The van der Waals surface area contributed by atoms with Gasteiger partial charge in [0.25, 0.3) is 0 Å². The van der Waals surface area contributed by atoms with Crippen LogP contribution >= 0.6 is 11.3 Å². The summed E-state index contributed by atoms with van der Waals surface area (Å²) < 4.78 is 2.13. The van der Waals surface area contributed by atoms with Gasteiger partial charge < -0.3 is 10.3 Å². The van der Waals surface area contributed by atoms with Crippen LogP contribution in [0.1, 0.15) is 30.8 Å². The largest absolute Gasteiger partial charge is 0.333 e. The summed E-state index contributed by atoms with van der Waals surface area (Å²) in [5.41, 5.74) is 7.30. The fourth-order valence-corrected chi connectivity index (χ4v) is 2.33. The molecule has 0 aliphatic heterocycles. The summed E-state index contributed by atoms with van der Waals surface area (Å²) in [6.07, 6.45) is 4.90. The first-order valence-electron chi connectivity index (χ1n) is 5.11. The monoisotopic (exact) mass is 221 g/mol. The minimum absolute atomic E-state index is 0.0993. The van der Waals surface area contributed by atoms with Gasteiger partial charge in [0, 0.05) is 18.9 Å². The van der Waals surface area contributed by atoms with Crippen LogP contribution in [0.4, 0.5) is 0 Å². The first-order chi connectivity index (χ1) is 7.33. The molecule has 0 amide bonds. The van der Waals surface area contributed by atoms with Crippen molar-refractivity contribution in [2.24, 2.45) is 5.73 Å². The van der Waals surface area contributed by atoms with Crippen LogP contribution in [-0.2, 0) is 6.54 Å². The molecule has 2 N–H and O–H groups in total. The average Bonchev–Trinajstić information content (AvgIpc) is 2.87. The summed E-state index contributed by atoms with van der Waals surface area (Å²) >= 11 is 1.67. The van der Waals surface area contributed by atoms with Crippen molar-refractivity contribution < 1.29 is 0 Å². The number of nitrogens with zero attached hydrogens (tertiary/aromatic N) is 2. The van der Waals surface area contributed by atoms with Crippen molar-refractivity contribution in [3.63, 3.8) is 0 Å². The number of nitrogens with two attached hydrogens (primary N) is 1. The molecule has 0 fully saturated rings. The van der Waals surface area contributed by atoms with Crippen molar-refractivity contribution >= 4 is 11.3 Å². The van der Waals surface area contributed by atoms with E-state index in [1.54, 1.807) is 11.3 Å². The van der Waals surface area contributed by atoms with Crippen LogP contribution in [0.15, 0.2) is 29.2 Å². The summed E-state index contributed by atoms with van der Waals surface area (Å²) in [5.74, 6) is 0.954. The summed E-state index contributed by atoms with van der Waals surface area (Å²) in [4.78, 5) is 4.33. The van der Waals surface area contributed by atoms with Crippen LogP contribution in [0.3, 0.4) is 0 Å². The first-order valence-corrected chi connectivity index (χ1v) is 6.06. The lowest BCUT2D eigenvalue weighted by molar-refractivity contribution is 0.613. The minimum Gasteiger partial charge on any atom is -0.333 e. The highest BCUT2D eigenvalue weighted by atomic mass is 32.1. The van der Waals surface area contributed by atoms with E-state index in [0.29, 0.717) is 0 Å². The second kappa shape index (κ2) is 4.59. The molecule has 3 nitrogen and oxygen atoms in total. The van der Waals surface area contributed by atoms with E-state index in [1.807, 2.05) is 17.8 Å². The van der Waals surface area contributed by atoms with Gasteiger partial charge in [0.1, 0.15) is 5.82 Å². The van der Waals surface area contributed by atoms with Gasteiger partial charge in [-0.05, 0) is 28.8 Å². The maximum atomic E-state index is 6.16. The number of rotatable bonds is 4. The Hall–Kier alpha value is -1.13. The fourth-order valence-electron chi connectivity index (χ4n) is 1.63. The van der Waals surface area contributed by atoms with E-state index in [9.17, 15) is 0 Å². The number of hydrogen-bond donors (Lipinski definition) is 1. The number of aryl methyl sites for hydroxylation is 1. The molecule has 0 spiro atoms. The zero-order valence-corrected chi connectivity index (χ0v) is 9.57. The molecule has 0 aliphatic carbocycles. The van der Waals surface area contributed by atoms with Crippen molar-refractivity contribution in [2.45, 2.75) is 25.9 Å². The Labute approximate surface area is 93.6 Å². The van der Waals surface area contributed by atoms with Gasteiger partial charge in [-0.25, -0.2) is 4.98 Å². The normalized spacial score (nSPS) is 12.9. The van der Waals surface area contributed by atoms with E-state index in [0.717, 1.165) is 24.4 Å². The lowest BCUT2D eigenvalue weighted by Crippen LogP contribution is -2.17. The standard InChI is InChI=1S/C11H15N3S/c1-2-5-14-6-4-13-11(14)10(12)9-3-7-15-8-9/h3-4,6-8,10H,2,5,12H2,1H3. The summed E-state index contributed by atoms with van der Waals surface area (Å²) in [6.45, 7) is 3.13. The molecule has 2 heterocycles. The molecule has 2 rings (SSSR count). The topological polar surface area (TPSA) is 43.8 Å². The Morgan fingerprint density at radius 1 is 1.60 bits per heavy atom. The summed E-state index contributed by atoms with van der Waals surface area (Å²) in [7, 11) is 0. The van der Waals surface area contributed by atoms with E-state index in [4.69, 9.17) is 5.73 Å². The third-order valence-corrected chi connectivity index (χ3v) is 3.09. The van der Waals surface area contributed by atoms with E-state index in [2.05, 4.69) is 27.9 Å². The molecule has 0 saturated heterocycles. The number of aromatic nitrogens is 2. The van der Waals surface area contributed by atoms with Crippen LogP contribution in [-0.4, -0.2) is 9.55 Å². The second-order valence-electron chi connectivity index (χ2n) is 3.51. The lowest BCUT2D eigenvalue weighted by Gasteiger charge is -2.12. The Morgan fingerprint density at radius 3 is 3.13 bits per heavy atom. The highest BCUT2D eigenvalue weighted by Crippen LogP contribution is 2.20. The molecule has 0 saturated carbocycles. The van der Waals surface area contributed by atoms with Gasteiger partial charge in [0.2, 0.25) is 0 Å². The van der Waals surface area contributed by atoms with Crippen molar-refractivity contribution in [3.05, 3.63) is 40.6 Å². The SMILES string of the molecule is CCCn1ccnc1C(N)c1ccsc1. The molecule has 0 aromatic carbocycles. The third-order valence-electron chi connectivity index (χ3n) is 2.39. The van der Waals surface area contributed by atoms with Gasteiger partial charge in [0.15, 0.2) is 0 Å². The van der Waals surface area contributed by atoms with E-state index in [1.165, 1.54) is 0 Å². The summed E-state index contributed by atoms with van der Waals surface area (Å²) in [6, 6.07) is 1.96. The van der Waals surface area contributed by atoms with Crippen molar-refractivity contribution in [1.29, 1.82) is 0 Å². The Morgan fingerprint density at radius 2 is 2.47 bits per heavy atom. The number of hydrogen-bond acceptors (Lipinski definition) is 3. The highest BCUT2D eigenvalue weighted by molar-refractivity contribution is 7.07. The van der Waals surface area contributed by atoms with Crippen molar-refractivity contribution in [2.75, 3.05) is 0 Å². The van der Waals surface area contributed by atoms with Gasteiger partial charge in [-0.3, -0.25) is 0 Å². The quantitative estimate of drug-likeness (QED) is 0.861. The maximum Gasteiger partial charge on any atom is 0.130 e. The van der Waals surface area contributed by atoms with Crippen molar-refractivity contribution in [1.82, 2.24) is 9.55 Å². The van der Waals surface area contributed by atoms with Crippen LogP contribution < -0.4 is 5.73 Å². The van der Waals surface area contributed by atoms with E-state index >= 15 is 0 Å². The molecule has 80 valence electrons. The molecule has 15 heavy (non-hydrogen) atoms. The van der Waals surface area contributed by atoms with Gasteiger partial charge in [-0.2, -0.15) is 11.3 Å². The van der Waals surface area contributed by atoms with Crippen LogP contribution in [0.5, 0.6) is 0 Å². The molecule has 0 bridgehead atoms. The van der Waals surface area contributed by atoms with E-state index in [-0.39, 0.29) is 6.04 Å². The molecule has 1 unspecified atom stereocenters. The highest BCUT2D eigenvalue weighted by Gasteiger charge is 2.14.